The fraction of sp³-hybridized carbons (Fsp3) is 0.133. The van der Waals surface area contributed by atoms with Gasteiger partial charge in [0.1, 0.15) is 0 Å². The first-order chi connectivity index (χ1) is 8.27. The van der Waals surface area contributed by atoms with Crippen molar-refractivity contribution in [2.45, 2.75) is 13.5 Å². The van der Waals surface area contributed by atoms with Gasteiger partial charge in [0, 0.05) is 17.8 Å². The van der Waals surface area contributed by atoms with Crippen LogP contribution in [0.4, 0.5) is 5.69 Å². The topological polar surface area (TPSA) is 29.1 Å². The molecule has 17 heavy (non-hydrogen) atoms. The van der Waals surface area contributed by atoms with E-state index in [1.54, 1.807) is 6.92 Å². The monoisotopic (exact) mass is 225 g/mol. The van der Waals surface area contributed by atoms with E-state index in [1.165, 1.54) is 0 Å². The third-order valence-electron chi connectivity index (χ3n) is 2.65. The summed E-state index contributed by atoms with van der Waals surface area (Å²) in [4.78, 5) is 11.4. The minimum absolute atomic E-state index is 0.107. The number of benzene rings is 2. The molecule has 2 rings (SSSR count). The van der Waals surface area contributed by atoms with Crippen LogP contribution in [0.25, 0.3) is 0 Å². The first kappa shape index (κ1) is 11.4. The molecular formula is C15H15NO. The van der Waals surface area contributed by atoms with Crippen molar-refractivity contribution in [3.05, 3.63) is 65.7 Å². The molecule has 0 aliphatic heterocycles. The Bertz CT molecular complexity index is 505. The van der Waals surface area contributed by atoms with Crippen molar-refractivity contribution in [1.82, 2.24) is 0 Å². The second-order valence-electron chi connectivity index (χ2n) is 3.93. The van der Waals surface area contributed by atoms with Gasteiger partial charge in [0.25, 0.3) is 0 Å². The van der Waals surface area contributed by atoms with Gasteiger partial charge in [0.15, 0.2) is 5.78 Å². The Kier molecular flexibility index (Phi) is 3.55. The lowest BCUT2D eigenvalue weighted by atomic mass is 10.0. The Morgan fingerprint density at radius 3 is 2.35 bits per heavy atom. The van der Waals surface area contributed by atoms with Gasteiger partial charge < -0.3 is 5.32 Å². The Morgan fingerprint density at radius 1 is 1.00 bits per heavy atom. The highest BCUT2D eigenvalue weighted by atomic mass is 16.1. The zero-order valence-corrected chi connectivity index (χ0v) is 9.81. The maximum Gasteiger partial charge on any atom is 0.160 e. The number of hydrogen-bond donors (Lipinski definition) is 1. The van der Waals surface area contributed by atoms with Crippen LogP contribution in [0.2, 0.25) is 0 Å². The molecule has 0 spiro atoms. The molecule has 0 aliphatic rings. The quantitative estimate of drug-likeness (QED) is 0.807. The van der Waals surface area contributed by atoms with Gasteiger partial charge in [-0.05, 0) is 24.6 Å². The van der Waals surface area contributed by atoms with Crippen LogP contribution in [0.15, 0.2) is 54.6 Å². The van der Waals surface area contributed by atoms with Gasteiger partial charge in [-0.25, -0.2) is 0 Å². The van der Waals surface area contributed by atoms with Crippen LogP contribution in [-0.4, -0.2) is 5.78 Å². The molecule has 0 heterocycles. The summed E-state index contributed by atoms with van der Waals surface area (Å²) in [6, 6.07) is 17.7. The molecule has 0 saturated carbocycles. The highest BCUT2D eigenvalue weighted by Gasteiger charge is 2.05. The lowest BCUT2D eigenvalue weighted by molar-refractivity contribution is 0.101. The Labute approximate surface area is 101 Å². The number of nitrogens with one attached hydrogen (secondary N) is 1. The summed E-state index contributed by atoms with van der Waals surface area (Å²) >= 11 is 0. The van der Waals surface area contributed by atoms with E-state index >= 15 is 0 Å². The predicted octanol–water partition coefficient (Wildman–Crippen LogP) is 3.50. The Balaban J connectivity index is 2.12. The van der Waals surface area contributed by atoms with E-state index in [2.05, 4.69) is 5.32 Å². The van der Waals surface area contributed by atoms with Crippen LogP contribution in [-0.2, 0) is 6.54 Å². The standard InChI is InChI=1S/C15H15NO/c1-12(17)15-10-6-5-7-13(15)11-16-14-8-3-2-4-9-14/h2-10,16H,11H2,1H3. The van der Waals surface area contributed by atoms with Crippen molar-refractivity contribution < 1.29 is 4.79 Å². The summed E-state index contributed by atoms with van der Waals surface area (Å²) in [7, 11) is 0. The van der Waals surface area contributed by atoms with Gasteiger partial charge in [-0.1, -0.05) is 42.5 Å². The summed E-state index contributed by atoms with van der Waals surface area (Å²) in [5, 5.41) is 3.30. The second-order valence-corrected chi connectivity index (χ2v) is 3.93. The molecule has 0 fully saturated rings. The number of carbonyl (C=O) groups is 1. The van der Waals surface area contributed by atoms with Gasteiger partial charge in [-0.3, -0.25) is 4.79 Å². The fourth-order valence-corrected chi connectivity index (χ4v) is 1.77. The molecule has 0 radical (unpaired) electrons. The molecule has 2 aromatic rings. The van der Waals surface area contributed by atoms with E-state index in [4.69, 9.17) is 0 Å². The molecule has 2 heteroatoms. The average Bonchev–Trinajstić information content (AvgIpc) is 2.38. The normalized spacial score (nSPS) is 9.94. The predicted molar refractivity (Wildman–Crippen MR) is 70.2 cm³/mol. The molecule has 0 unspecified atom stereocenters. The number of hydrogen-bond acceptors (Lipinski definition) is 2. The van der Waals surface area contributed by atoms with E-state index in [0.717, 1.165) is 16.8 Å². The van der Waals surface area contributed by atoms with Crippen molar-refractivity contribution in [3.63, 3.8) is 0 Å². The Hall–Kier alpha value is -2.09. The molecule has 0 atom stereocenters. The number of carbonyl (C=O) groups excluding carboxylic acids is 1. The lowest BCUT2D eigenvalue weighted by Gasteiger charge is -2.09. The lowest BCUT2D eigenvalue weighted by Crippen LogP contribution is -2.05. The maximum atomic E-state index is 11.4. The number of para-hydroxylation sites is 1. The van der Waals surface area contributed by atoms with E-state index in [0.29, 0.717) is 6.54 Å². The average molecular weight is 225 g/mol. The largest absolute Gasteiger partial charge is 0.381 e. The number of Topliss-reactive ketones (excluding diaryl/α,β-unsaturated/α-hetero) is 1. The van der Waals surface area contributed by atoms with Crippen LogP contribution < -0.4 is 5.32 Å². The van der Waals surface area contributed by atoms with Crippen molar-refractivity contribution in [3.8, 4) is 0 Å². The summed E-state index contributed by atoms with van der Waals surface area (Å²) in [5.41, 5.74) is 2.88. The smallest absolute Gasteiger partial charge is 0.160 e. The number of ketones is 1. The van der Waals surface area contributed by atoms with E-state index in [9.17, 15) is 4.79 Å². The molecule has 0 bridgehead atoms. The summed E-state index contributed by atoms with van der Waals surface area (Å²) in [6.07, 6.45) is 0. The maximum absolute atomic E-state index is 11.4. The molecular weight excluding hydrogens is 210 g/mol. The highest BCUT2D eigenvalue weighted by Crippen LogP contribution is 2.12. The molecule has 2 nitrogen and oxygen atoms in total. The van der Waals surface area contributed by atoms with E-state index < -0.39 is 0 Å². The summed E-state index contributed by atoms with van der Waals surface area (Å²) in [5.74, 6) is 0.107. The third-order valence-corrected chi connectivity index (χ3v) is 2.65. The third kappa shape index (κ3) is 2.94. The van der Waals surface area contributed by atoms with Crippen molar-refractivity contribution >= 4 is 11.5 Å². The molecule has 0 aliphatic carbocycles. The SMILES string of the molecule is CC(=O)c1ccccc1CNc1ccccc1. The van der Waals surface area contributed by atoms with Gasteiger partial charge in [0.2, 0.25) is 0 Å². The molecule has 86 valence electrons. The van der Waals surface area contributed by atoms with Crippen molar-refractivity contribution in [1.29, 1.82) is 0 Å². The highest BCUT2D eigenvalue weighted by molar-refractivity contribution is 5.95. The minimum Gasteiger partial charge on any atom is -0.381 e. The molecule has 0 aromatic heterocycles. The summed E-state index contributed by atoms with van der Waals surface area (Å²) < 4.78 is 0. The van der Waals surface area contributed by atoms with Crippen LogP contribution in [0, 0.1) is 0 Å². The van der Waals surface area contributed by atoms with E-state index in [1.807, 2.05) is 54.6 Å². The van der Waals surface area contributed by atoms with Gasteiger partial charge in [-0.2, -0.15) is 0 Å². The van der Waals surface area contributed by atoms with Crippen LogP contribution in [0.5, 0.6) is 0 Å². The van der Waals surface area contributed by atoms with Crippen LogP contribution in [0.1, 0.15) is 22.8 Å². The molecule has 1 N–H and O–H groups in total. The van der Waals surface area contributed by atoms with E-state index in [-0.39, 0.29) is 5.78 Å². The Morgan fingerprint density at radius 2 is 1.65 bits per heavy atom. The van der Waals surface area contributed by atoms with Gasteiger partial charge in [0.05, 0.1) is 0 Å². The fourth-order valence-electron chi connectivity index (χ4n) is 1.77. The number of rotatable bonds is 4. The van der Waals surface area contributed by atoms with Crippen molar-refractivity contribution in [2.24, 2.45) is 0 Å². The van der Waals surface area contributed by atoms with Gasteiger partial charge >= 0.3 is 0 Å². The second kappa shape index (κ2) is 5.30. The van der Waals surface area contributed by atoms with Crippen molar-refractivity contribution in [2.75, 3.05) is 5.32 Å². The summed E-state index contributed by atoms with van der Waals surface area (Å²) in [6.45, 7) is 2.26. The first-order valence-corrected chi connectivity index (χ1v) is 5.65. The zero-order valence-electron chi connectivity index (χ0n) is 9.81. The molecule has 2 aromatic carbocycles. The van der Waals surface area contributed by atoms with Crippen LogP contribution >= 0.6 is 0 Å². The molecule has 0 amide bonds. The van der Waals surface area contributed by atoms with Gasteiger partial charge in [-0.15, -0.1) is 0 Å². The zero-order chi connectivity index (χ0) is 12.1. The van der Waals surface area contributed by atoms with Crippen LogP contribution in [0.3, 0.4) is 0 Å². The first-order valence-electron chi connectivity index (χ1n) is 5.65. The minimum atomic E-state index is 0.107. The number of anilines is 1. The molecule has 0 saturated heterocycles.